The van der Waals surface area contributed by atoms with E-state index < -0.39 is 0 Å². The summed E-state index contributed by atoms with van der Waals surface area (Å²) in [5.74, 6) is -0.0446. The molecule has 1 N–H and O–H groups in total. The number of para-hydroxylation sites is 1. The lowest BCUT2D eigenvalue weighted by Gasteiger charge is -2.36. The van der Waals surface area contributed by atoms with E-state index in [0.717, 1.165) is 23.2 Å². The summed E-state index contributed by atoms with van der Waals surface area (Å²) < 4.78 is 0. The summed E-state index contributed by atoms with van der Waals surface area (Å²) in [6, 6.07) is 18.3. The first kappa shape index (κ1) is 20.1. The first-order valence-electron chi connectivity index (χ1n) is 10.2. The molecule has 4 aromatic rings. The van der Waals surface area contributed by atoms with Gasteiger partial charge in [0.25, 0.3) is 5.91 Å². The van der Waals surface area contributed by atoms with Crippen LogP contribution in [0.1, 0.15) is 49.8 Å². The first-order chi connectivity index (χ1) is 15.1. The van der Waals surface area contributed by atoms with E-state index in [-0.39, 0.29) is 17.7 Å². The second kappa shape index (κ2) is 8.02. The van der Waals surface area contributed by atoms with E-state index in [9.17, 15) is 9.59 Å². The molecule has 0 spiro atoms. The van der Waals surface area contributed by atoms with Crippen molar-refractivity contribution in [2.75, 3.05) is 12.8 Å². The van der Waals surface area contributed by atoms with Gasteiger partial charge in [0.15, 0.2) is 5.78 Å². The first-order valence-corrected chi connectivity index (χ1v) is 12.3. The number of fused-ring (bicyclic) bond motifs is 3. The number of H-pyrrole nitrogens is 1. The summed E-state index contributed by atoms with van der Waals surface area (Å²) in [5.41, 5.74) is 5.14. The Kier molecular flexibility index (Phi) is 5.20. The highest BCUT2D eigenvalue weighted by Crippen LogP contribution is 2.39. The predicted molar refractivity (Wildman–Crippen MR) is 127 cm³/mol. The molecule has 0 saturated carbocycles. The number of carbonyl (C=O) groups excluding carboxylic acids is 2. The molecule has 1 amide bonds. The lowest BCUT2D eigenvalue weighted by atomic mass is 9.92. The molecule has 6 heteroatoms. The molecule has 1 aliphatic heterocycles. The molecule has 5 rings (SSSR count). The second-order valence-corrected chi connectivity index (χ2v) is 9.53. The molecule has 31 heavy (non-hydrogen) atoms. The fourth-order valence-electron chi connectivity index (χ4n) is 4.39. The Hall–Kier alpha value is -2.83. The topological polar surface area (TPSA) is 53.2 Å². The second-order valence-electron chi connectivity index (χ2n) is 7.74. The number of ketones is 1. The molecular weight excluding hydrogens is 424 g/mol. The number of nitrogens with one attached hydrogen (secondary N) is 1. The zero-order valence-electron chi connectivity index (χ0n) is 17.3. The van der Waals surface area contributed by atoms with Crippen LogP contribution in [0.3, 0.4) is 0 Å². The molecule has 4 nitrogen and oxygen atoms in total. The van der Waals surface area contributed by atoms with Crippen LogP contribution in [0.25, 0.3) is 10.9 Å². The third-order valence-corrected chi connectivity index (χ3v) is 7.69. The minimum atomic E-state index is -0.194. The van der Waals surface area contributed by atoms with Gasteiger partial charge in [0.1, 0.15) is 0 Å². The SMILES string of the molecule is CSc1ccc(C2c3[nH]c4ccccc4c3CCN2C(=O)c2csc(C(C)=O)c2)cc1. The van der Waals surface area contributed by atoms with Crippen molar-refractivity contribution in [2.45, 2.75) is 24.3 Å². The maximum Gasteiger partial charge on any atom is 0.255 e. The minimum absolute atomic E-state index is 0.00944. The number of thiophene rings is 1. The van der Waals surface area contributed by atoms with Crippen LogP contribution in [-0.4, -0.2) is 34.4 Å². The van der Waals surface area contributed by atoms with Gasteiger partial charge >= 0.3 is 0 Å². The van der Waals surface area contributed by atoms with Gasteiger partial charge in [-0.15, -0.1) is 23.1 Å². The summed E-state index contributed by atoms with van der Waals surface area (Å²) in [4.78, 5) is 32.7. The fourth-order valence-corrected chi connectivity index (χ4v) is 5.58. The summed E-state index contributed by atoms with van der Waals surface area (Å²) in [7, 11) is 0. The van der Waals surface area contributed by atoms with Crippen LogP contribution < -0.4 is 0 Å². The highest BCUT2D eigenvalue weighted by molar-refractivity contribution is 7.98. The lowest BCUT2D eigenvalue weighted by molar-refractivity contribution is 0.0692. The number of thioether (sulfide) groups is 1. The predicted octanol–water partition coefficient (Wildman–Crippen LogP) is 5.94. The Balaban J connectivity index is 1.62. The number of hydrogen-bond acceptors (Lipinski definition) is 4. The highest BCUT2D eigenvalue weighted by atomic mass is 32.2. The highest BCUT2D eigenvalue weighted by Gasteiger charge is 2.35. The third kappa shape index (κ3) is 3.50. The van der Waals surface area contributed by atoms with Gasteiger partial charge in [0, 0.05) is 33.4 Å². The molecular formula is C25H22N2O2S2. The molecule has 3 heterocycles. The largest absolute Gasteiger partial charge is 0.356 e. The molecule has 2 aromatic heterocycles. The average molecular weight is 447 g/mol. The number of benzene rings is 2. The van der Waals surface area contributed by atoms with Gasteiger partial charge in [0.2, 0.25) is 0 Å². The van der Waals surface area contributed by atoms with Gasteiger partial charge in [-0.2, -0.15) is 0 Å². The van der Waals surface area contributed by atoms with Crippen LogP contribution in [0, 0.1) is 0 Å². The molecule has 1 unspecified atom stereocenters. The molecule has 156 valence electrons. The maximum absolute atomic E-state index is 13.6. The number of carbonyl (C=O) groups is 2. The Morgan fingerprint density at radius 2 is 1.90 bits per heavy atom. The van der Waals surface area contributed by atoms with Crippen LogP contribution in [-0.2, 0) is 6.42 Å². The maximum atomic E-state index is 13.6. The van der Waals surface area contributed by atoms with E-state index in [4.69, 9.17) is 0 Å². The van der Waals surface area contributed by atoms with Crippen LogP contribution in [0.4, 0.5) is 0 Å². The van der Waals surface area contributed by atoms with Crippen molar-refractivity contribution < 1.29 is 9.59 Å². The van der Waals surface area contributed by atoms with Gasteiger partial charge in [-0.1, -0.05) is 30.3 Å². The van der Waals surface area contributed by atoms with Crippen LogP contribution in [0.2, 0.25) is 0 Å². The Morgan fingerprint density at radius 3 is 2.61 bits per heavy atom. The van der Waals surface area contributed by atoms with Gasteiger partial charge in [-0.25, -0.2) is 0 Å². The molecule has 0 fully saturated rings. The number of aromatic nitrogens is 1. The number of amides is 1. The molecule has 2 aromatic carbocycles. The standard InChI is InChI=1S/C25H22N2O2S2/c1-15(28)22-13-17(14-31-22)25(29)27-12-11-20-19-5-3-4-6-21(19)26-23(20)24(27)16-7-9-18(30-2)10-8-16/h3-10,13-14,24,26H,11-12H2,1-2H3. The molecule has 0 bridgehead atoms. The Morgan fingerprint density at radius 1 is 1.13 bits per heavy atom. The average Bonchev–Trinajstić information content (AvgIpc) is 3.43. The van der Waals surface area contributed by atoms with E-state index in [1.165, 1.54) is 34.1 Å². The van der Waals surface area contributed by atoms with E-state index in [2.05, 4.69) is 53.7 Å². The smallest absolute Gasteiger partial charge is 0.255 e. The van der Waals surface area contributed by atoms with Crippen molar-refractivity contribution in [1.29, 1.82) is 0 Å². The minimum Gasteiger partial charge on any atom is -0.356 e. The third-order valence-electron chi connectivity index (χ3n) is 5.92. The lowest BCUT2D eigenvalue weighted by Crippen LogP contribution is -2.40. The monoisotopic (exact) mass is 446 g/mol. The van der Waals surface area contributed by atoms with Crippen LogP contribution >= 0.6 is 23.1 Å². The van der Waals surface area contributed by atoms with Crippen molar-refractivity contribution in [3.05, 3.63) is 87.2 Å². The van der Waals surface area contributed by atoms with E-state index >= 15 is 0 Å². The van der Waals surface area contributed by atoms with Gasteiger partial charge in [-0.3, -0.25) is 9.59 Å². The van der Waals surface area contributed by atoms with Gasteiger partial charge in [-0.05, 0) is 55.0 Å². The summed E-state index contributed by atoms with van der Waals surface area (Å²) >= 11 is 3.04. The van der Waals surface area contributed by atoms with Crippen LogP contribution in [0.5, 0.6) is 0 Å². The Labute approximate surface area is 189 Å². The zero-order chi connectivity index (χ0) is 21.5. The normalized spacial score (nSPS) is 15.8. The summed E-state index contributed by atoms with van der Waals surface area (Å²) in [5, 5.41) is 3.03. The molecule has 0 aliphatic carbocycles. The number of hydrogen-bond donors (Lipinski definition) is 1. The van der Waals surface area contributed by atoms with Crippen molar-refractivity contribution in [3.63, 3.8) is 0 Å². The zero-order valence-corrected chi connectivity index (χ0v) is 19.0. The van der Waals surface area contributed by atoms with E-state index in [1.807, 2.05) is 11.0 Å². The summed E-state index contributed by atoms with van der Waals surface area (Å²) in [6.07, 6.45) is 2.86. The van der Waals surface area contributed by atoms with E-state index in [0.29, 0.717) is 17.0 Å². The molecule has 0 saturated heterocycles. The Bertz CT molecular complexity index is 1290. The van der Waals surface area contributed by atoms with Crippen molar-refractivity contribution in [2.24, 2.45) is 0 Å². The number of Topliss-reactive ketones (excluding diaryl/α,β-unsaturated/α-hetero) is 1. The van der Waals surface area contributed by atoms with Crippen molar-refractivity contribution >= 4 is 45.7 Å². The van der Waals surface area contributed by atoms with Gasteiger partial charge in [0.05, 0.1) is 16.5 Å². The quantitative estimate of drug-likeness (QED) is 0.312. The molecule has 1 aliphatic rings. The number of rotatable bonds is 4. The fraction of sp³-hybridized carbons (Fsp3) is 0.200. The molecule has 0 radical (unpaired) electrons. The summed E-state index contributed by atoms with van der Waals surface area (Å²) in [6.45, 7) is 2.17. The van der Waals surface area contributed by atoms with Crippen molar-refractivity contribution in [3.8, 4) is 0 Å². The number of aromatic amines is 1. The van der Waals surface area contributed by atoms with Crippen molar-refractivity contribution in [1.82, 2.24) is 9.88 Å². The van der Waals surface area contributed by atoms with Gasteiger partial charge < -0.3 is 9.88 Å². The van der Waals surface area contributed by atoms with Crippen LogP contribution in [0.15, 0.2) is 64.9 Å². The van der Waals surface area contributed by atoms with E-state index in [1.54, 1.807) is 23.2 Å². The number of nitrogens with zero attached hydrogens (tertiary/aromatic N) is 1. The molecule has 1 atom stereocenters.